The molecular weight excluding hydrogens is 301 g/mol. The van der Waals surface area contributed by atoms with Crippen molar-refractivity contribution in [3.8, 4) is 5.75 Å². The van der Waals surface area contributed by atoms with Gasteiger partial charge in [-0.05, 0) is 36.4 Å². The number of thioether (sulfide) groups is 1. The van der Waals surface area contributed by atoms with Crippen LogP contribution in [0.3, 0.4) is 0 Å². The summed E-state index contributed by atoms with van der Waals surface area (Å²) < 4.78 is 18.1. The second-order valence-electron chi connectivity index (χ2n) is 4.56. The zero-order valence-corrected chi connectivity index (χ0v) is 12.9. The second kappa shape index (κ2) is 9.10. The molecule has 0 heterocycles. The van der Waals surface area contributed by atoms with E-state index in [-0.39, 0.29) is 11.7 Å². The zero-order chi connectivity index (χ0) is 15.6. The van der Waals surface area contributed by atoms with Gasteiger partial charge in [-0.2, -0.15) is 0 Å². The molecule has 0 aliphatic heterocycles. The summed E-state index contributed by atoms with van der Waals surface area (Å²) in [6.45, 7) is 0.801. The van der Waals surface area contributed by atoms with Gasteiger partial charge in [0.2, 0.25) is 5.91 Å². The molecule has 2 aromatic carbocycles. The van der Waals surface area contributed by atoms with Crippen LogP contribution in [0.15, 0.2) is 59.5 Å². The largest absolute Gasteiger partial charge is 0.492 e. The first kappa shape index (κ1) is 16.4. The molecule has 0 aromatic heterocycles. The van der Waals surface area contributed by atoms with Crippen LogP contribution in [0.2, 0.25) is 0 Å². The van der Waals surface area contributed by atoms with Crippen molar-refractivity contribution in [3.05, 3.63) is 60.4 Å². The first-order chi connectivity index (χ1) is 10.7. The van der Waals surface area contributed by atoms with E-state index in [1.807, 2.05) is 30.3 Å². The molecule has 5 heteroatoms. The summed E-state index contributed by atoms with van der Waals surface area (Å²) in [7, 11) is 0. The van der Waals surface area contributed by atoms with E-state index in [9.17, 15) is 9.18 Å². The Morgan fingerprint density at radius 1 is 1.09 bits per heavy atom. The van der Waals surface area contributed by atoms with Gasteiger partial charge in [0.05, 0.1) is 6.54 Å². The van der Waals surface area contributed by atoms with Gasteiger partial charge in [0.25, 0.3) is 0 Å². The molecule has 0 atom stereocenters. The van der Waals surface area contributed by atoms with E-state index < -0.39 is 0 Å². The average molecular weight is 319 g/mol. The van der Waals surface area contributed by atoms with Gasteiger partial charge in [-0.1, -0.05) is 18.2 Å². The molecule has 2 aromatic rings. The van der Waals surface area contributed by atoms with Gasteiger partial charge in [0.15, 0.2) is 0 Å². The van der Waals surface area contributed by atoms with Crippen LogP contribution in [0.25, 0.3) is 0 Å². The van der Waals surface area contributed by atoms with Crippen molar-refractivity contribution in [1.82, 2.24) is 5.32 Å². The number of amides is 1. The summed E-state index contributed by atoms with van der Waals surface area (Å²) in [5.74, 6) is 1.05. The molecule has 0 fully saturated rings. The van der Waals surface area contributed by atoms with Gasteiger partial charge in [-0.15, -0.1) is 11.8 Å². The Labute approximate surface area is 133 Å². The molecular formula is C17H18FNO2S. The highest BCUT2D eigenvalue weighted by molar-refractivity contribution is 7.99. The lowest BCUT2D eigenvalue weighted by atomic mass is 10.3. The molecule has 0 aliphatic rings. The third kappa shape index (κ3) is 6.18. The summed E-state index contributed by atoms with van der Waals surface area (Å²) in [6.07, 6.45) is 0.468. The predicted octanol–water partition coefficient (Wildman–Crippen LogP) is 3.50. The standard InChI is InChI=1S/C17H18FNO2S/c18-14-6-8-15(9-7-14)21-12-11-19-17(20)10-13-22-16-4-2-1-3-5-16/h1-9H,10-13H2,(H,19,20). The fourth-order valence-electron chi connectivity index (χ4n) is 1.76. The van der Waals surface area contributed by atoms with E-state index >= 15 is 0 Å². The van der Waals surface area contributed by atoms with Crippen LogP contribution in [-0.2, 0) is 4.79 Å². The van der Waals surface area contributed by atoms with Gasteiger partial charge < -0.3 is 10.1 Å². The maximum Gasteiger partial charge on any atom is 0.220 e. The van der Waals surface area contributed by atoms with Crippen molar-refractivity contribution in [2.24, 2.45) is 0 Å². The SMILES string of the molecule is O=C(CCSc1ccccc1)NCCOc1ccc(F)cc1. The average Bonchev–Trinajstić information content (AvgIpc) is 2.54. The number of carbonyl (C=O) groups excluding carboxylic acids is 1. The van der Waals surface area contributed by atoms with Crippen LogP contribution in [0.4, 0.5) is 4.39 Å². The van der Waals surface area contributed by atoms with Gasteiger partial charge in [0, 0.05) is 17.1 Å². The Morgan fingerprint density at radius 2 is 1.82 bits per heavy atom. The van der Waals surface area contributed by atoms with Gasteiger partial charge in [-0.3, -0.25) is 4.79 Å². The number of carbonyl (C=O) groups is 1. The maximum atomic E-state index is 12.7. The van der Waals surface area contributed by atoms with Crippen molar-refractivity contribution in [1.29, 1.82) is 0 Å². The quantitative estimate of drug-likeness (QED) is 0.598. The molecule has 2 rings (SSSR count). The lowest BCUT2D eigenvalue weighted by Gasteiger charge is -2.07. The fourth-order valence-corrected chi connectivity index (χ4v) is 2.63. The highest BCUT2D eigenvalue weighted by Gasteiger charge is 2.02. The molecule has 0 unspecified atom stereocenters. The summed E-state index contributed by atoms with van der Waals surface area (Å²) in [4.78, 5) is 12.8. The van der Waals surface area contributed by atoms with E-state index in [1.165, 1.54) is 12.1 Å². The van der Waals surface area contributed by atoms with Gasteiger partial charge >= 0.3 is 0 Å². The molecule has 0 saturated carbocycles. The fraction of sp³-hybridized carbons (Fsp3) is 0.235. The number of nitrogens with one attached hydrogen (secondary N) is 1. The molecule has 0 aliphatic carbocycles. The Bertz CT molecular complexity index is 575. The molecule has 0 spiro atoms. The summed E-state index contributed by atoms with van der Waals surface area (Å²) >= 11 is 1.66. The zero-order valence-electron chi connectivity index (χ0n) is 12.1. The monoisotopic (exact) mass is 319 g/mol. The van der Waals surface area contributed by atoms with E-state index in [4.69, 9.17) is 4.74 Å². The summed E-state index contributed by atoms with van der Waals surface area (Å²) in [5, 5.41) is 2.80. The molecule has 1 N–H and O–H groups in total. The third-order valence-corrected chi connectivity index (χ3v) is 3.86. The maximum absolute atomic E-state index is 12.7. The Kier molecular flexibility index (Phi) is 6.77. The van der Waals surface area contributed by atoms with E-state index in [0.717, 1.165) is 10.6 Å². The minimum absolute atomic E-state index is 0.00568. The van der Waals surface area contributed by atoms with Crippen molar-refractivity contribution in [2.45, 2.75) is 11.3 Å². The minimum Gasteiger partial charge on any atom is -0.492 e. The number of benzene rings is 2. The Balaban J connectivity index is 1.55. The van der Waals surface area contributed by atoms with Crippen molar-refractivity contribution in [2.75, 3.05) is 18.9 Å². The van der Waals surface area contributed by atoms with Crippen LogP contribution in [0.5, 0.6) is 5.75 Å². The van der Waals surface area contributed by atoms with Crippen molar-refractivity contribution >= 4 is 17.7 Å². The van der Waals surface area contributed by atoms with Crippen LogP contribution in [-0.4, -0.2) is 24.8 Å². The topological polar surface area (TPSA) is 38.3 Å². The smallest absolute Gasteiger partial charge is 0.220 e. The predicted molar refractivity (Wildman–Crippen MR) is 86.7 cm³/mol. The van der Waals surface area contributed by atoms with E-state index in [1.54, 1.807) is 23.9 Å². The Morgan fingerprint density at radius 3 is 2.55 bits per heavy atom. The van der Waals surface area contributed by atoms with Crippen LogP contribution < -0.4 is 10.1 Å². The number of hydrogen-bond acceptors (Lipinski definition) is 3. The molecule has 0 saturated heterocycles. The number of ether oxygens (including phenoxy) is 1. The molecule has 22 heavy (non-hydrogen) atoms. The molecule has 1 amide bonds. The van der Waals surface area contributed by atoms with E-state index in [2.05, 4.69) is 5.32 Å². The normalized spacial score (nSPS) is 10.2. The van der Waals surface area contributed by atoms with Gasteiger partial charge in [0.1, 0.15) is 18.2 Å². The molecule has 3 nitrogen and oxygen atoms in total. The van der Waals surface area contributed by atoms with Gasteiger partial charge in [-0.25, -0.2) is 4.39 Å². The summed E-state index contributed by atoms with van der Waals surface area (Å²) in [5.41, 5.74) is 0. The minimum atomic E-state index is -0.295. The first-order valence-electron chi connectivity index (χ1n) is 7.07. The van der Waals surface area contributed by atoms with Crippen LogP contribution in [0.1, 0.15) is 6.42 Å². The Hall–Kier alpha value is -2.01. The van der Waals surface area contributed by atoms with Crippen molar-refractivity contribution in [3.63, 3.8) is 0 Å². The molecule has 0 bridgehead atoms. The highest BCUT2D eigenvalue weighted by Crippen LogP contribution is 2.17. The third-order valence-electron chi connectivity index (χ3n) is 2.85. The van der Waals surface area contributed by atoms with E-state index in [0.29, 0.717) is 25.3 Å². The highest BCUT2D eigenvalue weighted by atomic mass is 32.2. The molecule has 116 valence electrons. The number of hydrogen-bond donors (Lipinski definition) is 1. The van der Waals surface area contributed by atoms with Crippen molar-refractivity contribution < 1.29 is 13.9 Å². The summed E-state index contributed by atoms with van der Waals surface area (Å²) in [6, 6.07) is 15.8. The second-order valence-corrected chi connectivity index (χ2v) is 5.73. The van der Waals surface area contributed by atoms with Crippen LogP contribution in [0, 0.1) is 5.82 Å². The number of rotatable bonds is 8. The van der Waals surface area contributed by atoms with Crippen LogP contribution >= 0.6 is 11.8 Å². The first-order valence-corrected chi connectivity index (χ1v) is 8.05. The molecule has 0 radical (unpaired) electrons. The lowest BCUT2D eigenvalue weighted by molar-refractivity contribution is -0.120. The number of halogens is 1. The lowest BCUT2D eigenvalue weighted by Crippen LogP contribution is -2.28.